The first kappa shape index (κ1) is 14.1. The Kier molecular flexibility index (Phi) is 4.16. The number of fused-ring (bicyclic) bond motifs is 1. The van der Waals surface area contributed by atoms with E-state index < -0.39 is 0 Å². The fourth-order valence-electron chi connectivity index (χ4n) is 2.35. The molecule has 0 saturated carbocycles. The quantitative estimate of drug-likeness (QED) is 0.413. The summed E-state index contributed by atoms with van der Waals surface area (Å²) in [6, 6.07) is 20.7. The van der Waals surface area contributed by atoms with Crippen LogP contribution in [0.5, 0.6) is 0 Å². The lowest BCUT2D eigenvalue weighted by Gasteiger charge is -2.15. The third kappa shape index (κ3) is 2.65. The standard InChI is InChI=1S/C17H11Br2Cl/c18-12-8-9-15(16(19)10-12)17(20)14-7-3-5-11-4-1-2-6-13(11)14/h1-10,17H. The Morgan fingerprint density at radius 1 is 0.800 bits per heavy atom. The Morgan fingerprint density at radius 3 is 2.35 bits per heavy atom. The fraction of sp³-hybridized carbons (Fsp3) is 0.0588. The van der Waals surface area contributed by atoms with Gasteiger partial charge in [-0.1, -0.05) is 80.4 Å². The van der Waals surface area contributed by atoms with Crippen LogP contribution in [0.25, 0.3) is 10.8 Å². The summed E-state index contributed by atoms with van der Waals surface area (Å²) in [4.78, 5) is 0. The molecule has 3 heteroatoms. The average molecular weight is 411 g/mol. The molecule has 1 unspecified atom stereocenters. The lowest BCUT2D eigenvalue weighted by atomic mass is 9.98. The Morgan fingerprint density at radius 2 is 1.55 bits per heavy atom. The van der Waals surface area contributed by atoms with Crippen LogP contribution in [0.3, 0.4) is 0 Å². The predicted molar refractivity (Wildman–Crippen MR) is 93.5 cm³/mol. The van der Waals surface area contributed by atoms with E-state index in [1.807, 2.05) is 30.3 Å². The van der Waals surface area contributed by atoms with Crippen molar-refractivity contribution < 1.29 is 0 Å². The summed E-state index contributed by atoms with van der Waals surface area (Å²) in [5.74, 6) is 0. The Bertz CT molecular complexity index is 763. The van der Waals surface area contributed by atoms with Crippen molar-refractivity contribution in [2.45, 2.75) is 5.38 Å². The van der Waals surface area contributed by atoms with Crippen molar-refractivity contribution in [1.29, 1.82) is 0 Å². The zero-order valence-electron chi connectivity index (χ0n) is 10.5. The van der Waals surface area contributed by atoms with Crippen molar-refractivity contribution in [2.24, 2.45) is 0 Å². The van der Waals surface area contributed by atoms with Gasteiger partial charge in [0.2, 0.25) is 0 Å². The highest BCUT2D eigenvalue weighted by atomic mass is 79.9. The molecule has 0 aromatic heterocycles. The minimum Gasteiger partial charge on any atom is -0.113 e. The monoisotopic (exact) mass is 408 g/mol. The van der Waals surface area contributed by atoms with Gasteiger partial charge in [0.05, 0.1) is 5.38 Å². The van der Waals surface area contributed by atoms with Gasteiger partial charge in [0.15, 0.2) is 0 Å². The molecule has 0 nitrogen and oxygen atoms in total. The van der Waals surface area contributed by atoms with Crippen LogP contribution >= 0.6 is 43.5 Å². The first-order chi connectivity index (χ1) is 9.66. The summed E-state index contributed by atoms with van der Waals surface area (Å²) in [6.45, 7) is 0. The second-order valence-corrected chi connectivity index (χ2v) is 6.80. The van der Waals surface area contributed by atoms with Crippen LogP contribution in [-0.4, -0.2) is 0 Å². The average Bonchev–Trinajstić information content (AvgIpc) is 2.46. The molecule has 0 heterocycles. The molecular weight excluding hydrogens is 399 g/mol. The lowest BCUT2D eigenvalue weighted by Crippen LogP contribution is -1.96. The van der Waals surface area contributed by atoms with Crippen LogP contribution < -0.4 is 0 Å². The maximum atomic E-state index is 6.72. The van der Waals surface area contributed by atoms with Crippen molar-refractivity contribution in [2.75, 3.05) is 0 Å². The first-order valence-corrected chi connectivity index (χ1v) is 8.26. The van der Waals surface area contributed by atoms with Gasteiger partial charge < -0.3 is 0 Å². The molecule has 0 aliphatic heterocycles. The van der Waals surface area contributed by atoms with Crippen LogP contribution in [0.1, 0.15) is 16.5 Å². The summed E-state index contributed by atoms with van der Waals surface area (Å²) in [6.07, 6.45) is 0. The predicted octanol–water partition coefficient (Wildman–Crippen LogP) is 6.69. The minimum atomic E-state index is -0.177. The highest BCUT2D eigenvalue weighted by molar-refractivity contribution is 9.11. The molecule has 0 bridgehead atoms. The molecule has 0 spiro atoms. The van der Waals surface area contributed by atoms with E-state index in [9.17, 15) is 0 Å². The van der Waals surface area contributed by atoms with Gasteiger partial charge in [-0.3, -0.25) is 0 Å². The molecule has 20 heavy (non-hydrogen) atoms. The number of alkyl halides is 1. The second kappa shape index (κ2) is 5.88. The van der Waals surface area contributed by atoms with Crippen LogP contribution in [0.15, 0.2) is 69.6 Å². The maximum Gasteiger partial charge on any atom is 0.0852 e. The Hall–Kier alpha value is -0.830. The molecule has 0 fully saturated rings. The topological polar surface area (TPSA) is 0 Å². The number of benzene rings is 3. The van der Waals surface area contributed by atoms with Gasteiger partial charge in [-0.05, 0) is 34.0 Å². The molecule has 0 radical (unpaired) electrons. The zero-order valence-corrected chi connectivity index (χ0v) is 14.4. The van der Waals surface area contributed by atoms with Crippen LogP contribution in [-0.2, 0) is 0 Å². The van der Waals surface area contributed by atoms with Crippen molar-refractivity contribution in [3.8, 4) is 0 Å². The molecule has 0 amide bonds. The summed E-state index contributed by atoms with van der Waals surface area (Å²) < 4.78 is 2.05. The third-order valence-electron chi connectivity index (χ3n) is 3.33. The number of hydrogen-bond acceptors (Lipinski definition) is 0. The molecule has 3 aromatic rings. The summed E-state index contributed by atoms with van der Waals surface area (Å²) >= 11 is 13.8. The number of halogens is 3. The smallest absolute Gasteiger partial charge is 0.0852 e. The van der Waals surface area contributed by atoms with Gasteiger partial charge in [0.1, 0.15) is 0 Å². The van der Waals surface area contributed by atoms with E-state index in [1.165, 1.54) is 10.8 Å². The molecule has 3 rings (SSSR count). The fourth-order valence-corrected chi connectivity index (χ4v) is 4.13. The second-order valence-electron chi connectivity index (χ2n) is 4.60. The van der Waals surface area contributed by atoms with E-state index >= 15 is 0 Å². The van der Waals surface area contributed by atoms with E-state index in [0.29, 0.717) is 0 Å². The normalized spacial score (nSPS) is 12.6. The van der Waals surface area contributed by atoms with Crippen molar-refractivity contribution in [3.63, 3.8) is 0 Å². The summed E-state index contributed by atoms with van der Waals surface area (Å²) in [5.41, 5.74) is 2.21. The SMILES string of the molecule is ClC(c1ccc(Br)cc1Br)c1cccc2ccccc12. The Balaban J connectivity index is 2.15. The molecule has 0 saturated heterocycles. The van der Waals surface area contributed by atoms with Crippen molar-refractivity contribution in [3.05, 3.63) is 80.7 Å². The van der Waals surface area contributed by atoms with E-state index in [4.69, 9.17) is 11.6 Å². The number of rotatable bonds is 2. The van der Waals surface area contributed by atoms with E-state index in [0.717, 1.165) is 20.1 Å². The molecule has 1 atom stereocenters. The van der Waals surface area contributed by atoms with E-state index in [-0.39, 0.29) is 5.38 Å². The lowest BCUT2D eigenvalue weighted by molar-refractivity contribution is 1.14. The van der Waals surface area contributed by atoms with Crippen molar-refractivity contribution >= 4 is 54.2 Å². The van der Waals surface area contributed by atoms with Crippen molar-refractivity contribution in [1.82, 2.24) is 0 Å². The van der Waals surface area contributed by atoms with E-state index in [1.54, 1.807) is 0 Å². The van der Waals surface area contributed by atoms with Crippen LogP contribution in [0.4, 0.5) is 0 Å². The van der Waals surface area contributed by atoms with Gasteiger partial charge in [-0.25, -0.2) is 0 Å². The molecule has 0 N–H and O–H groups in total. The summed E-state index contributed by atoms with van der Waals surface area (Å²) in [7, 11) is 0. The van der Waals surface area contributed by atoms with Gasteiger partial charge in [-0.15, -0.1) is 11.6 Å². The van der Waals surface area contributed by atoms with Gasteiger partial charge in [0.25, 0.3) is 0 Å². The number of hydrogen-bond donors (Lipinski definition) is 0. The maximum absolute atomic E-state index is 6.72. The van der Waals surface area contributed by atoms with Gasteiger partial charge in [0, 0.05) is 8.95 Å². The van der Waals surface area contributed by atoms with Crippen LogP contribution in [0.2, 0.25) is 0 Å². The first-order valence-electron chi connectivity index (χ1n) is 6.23. The molecule has 0 aliphatic carbocycles. The minimum absolute atomic E-state index is 0.177. The molecule has 3 aromatic carbocycles. The molecule has 100 valence electrons. The summed E-state index contributed by atoms with van der Waals surface area (Å²) in [5, 5.41) is 2.23. The zero-order chi connectivity index (χ0) is 14.1. The third-order valence-corrected chi connectivity index (χ3v) is 4.98. The Labute approximate surface area is 140 Å². The van der Waals surface area contributed by atoms with Crippen LogP contribution in [0, 0.1) is 0 Å². The highest BCUT2D eigenvalue weighted by Gasteiger charge is 2.16. The molecule has 0 aliphatic rings. The largest absolute Gasteiger partial charge is 0.113 e. The van der Waals surface area contributed by atoms with Gasteiger partial charge >= 0.3 is 0 Å². The van der Waals surface area contributed by atoms with Gasteiger partial charge in [-0.2, -0.15) is 0 Å². The van der Waals surface area contributed by atoms with E-state index in [2.05, 4.69) is 62.2 Å². The molecular formula is C17H11Br2Cl. The highest BCUT2D eigenvalue weighted by Crippen LogP contribution is 2.38.